The second-order valence-corrected chi connectivity index (χ2v) is 7.20. The zero-order valence-electron chi connectivity index (χ0n) is 15.6. The topological polar surface area (TPSA) is 59.2 Å². The number of alkyl halides is 3. The molecule has 1 saturated heterocycles. The van der Waals surface area contributed by atoms with Crippen LogP contribution in [-0.4, -0.2) is 27.5 Å². The maximum Gasteiger partial charge on any atom is 0.416 e. The Balaban J connectivity index is 1.48. The summed E-state index contributed by atoms with van der Waals surface area (Å²) in [4.78, 5) is 18.3. The van der Waals surface area contributed by atoms with E-state index in [9.17, 15) is 18.0 Å². The van der Waals surface area contributed by atoms with E-state index in [-0.39, 0.29) is 24.8 Å². The molecule has 0 spiro atoms. The van der Waals surface area contributed by atoms with E-state index in [1.54, 1.807) is 6.07 Å². The summed E-state index contributed by atoms with van der Waals surface area (Å²) in [5.74, 6) is 0.416. The van der Waals surface area contributed by atoms with Crippen LogP contribution in [0.5, 0.6) is 0 Å². The van der Waals surface area contributed by atoms with E-state index in [0.717, 1.165) is 23.3 Å². The van der Waals surface area contributed by atoms with Crippen LogP contribution in [0.25, 0.3) is 11.5 Å². The first kappa shape index (κ1) is 19.2. The van der Waals surface area contributed by atoms with Crippen molar-refractivity contribution in [1.82, 2.24) is 15.0 Å². The van der Waals surface area contributed by atoms with Crippen LogP contribution in [0.3, 0.4) is 0 Å². The lowest BCUT2D eigenvalue weighted by Crippen LogP contribution is -2.24. The first-order chi connectivity index (χ1) is 13.8. The van der Waals surface area contributed by atoms with Crippen molar-refractivity contribution in [2.45, 2.75) is 32.0 Å². The third kappa shape index (κ3) is 4.16. The second kappa shape index (κ2) is 7.35. The van der Waals surface area contributed by atoms with Gasteiger partial charge in [0.05, 0.1) is 5.56 Å². The van der Waals surface area contributed by atoms with Gasteiger partial charge < -0.3 is 9.42 Å². The number of nitrogens with zero attached hydrogens (tertiary/aromatic N) is 3. The Morgan fingerprint density at radius 3 is 2.72 bits per heavy atom. The number of benzene rings is 2. The van der Waals surface area contributed by atoms with Crippen molar-refractivity contribution in [2.75, 3.05) is 6.54 Å². The van der Waals surface area contributed by atoms with Crippen molar-refractivity contribution in [3.63, 3.8) is 0 Å². The largest absolute Gasteiger partial charge is 0.416 e. The number of hydrogen-bond donors (Lipinski definition) is 0. The molecule has 1 aromatic heterocycles. The maximum atomic E-state index is 12.9. The Labute approximate surface area is 165 Å². The third-order valence-corrected chi connectivity index (χ3v) is 4.91. The van der Waals surface area contributed by atoms with Gasteiger partial charge in [-0.2, -0.15) is 18.2 Å². The number of carbonyl (C=O) groups excluding carboxylic acids is 1. The number of hydrogen-bond acceptors (Lipinski definition) is 4. The highest BCUT2D eigenvalue weighted by atomic mass is 19.4. The summed E-state index contributed by atoms with van der Waals surface area (Å²) >= 11 is 0. The van der Waals surface area contributed by atoms with Crippen LogP contribution in [0, 0.1) is 6.92 Å². The molecular weight excluding hydrogens is 383 g/mol. The molecule has 1 amide bonds. The van der Waals surface area contributed by atoms with Crippen LogP contribution >= 0.6 is 0 Å². The lowest BCUT2D eigenvalue weighted by atomic mass is 10.1. The molecular formula is C21H18F3N3O2. The predicted molar refractivity (Wildman–Crippen MR) is 98.7 cm³/mol. The summed E-state index contributed by atoms with van der Waals surface area (Å²) in [6.07, 6.45) is -4.21. The number of aryl methyl sites for hydroxylation is 1. The van der Waals surface area contributed by atoms with Gasteiger partial charge in [0.15, 0.2) is 5.82 Å². The van der Waals surface area contributed by atoms with Gasteiger partial charge in [0.25, 0.3) is 5.89 Å². The van der Waals surface area contributed by atoms with E-state index in [0.29, 0.717) is 23.8 Å². The monoisotopic (exact) mass is 401 g/mol. The lowest BCUT2D eigenvalue weighted by Gasteiger charge is -2.17. The normalized spacial score (nSPS) is 17.2. The number of amides is 1. The lowest BCUT2D eigenvalue weighted by molar-refractivity contribution is -0.137. The van der Waals surface area contributed by atoms with Crippen molar-refractivity contribution in [1.29, 1.82) is 0 Å². The van der Waals surface area contributed by atoms with Gasteiger partial charge in [-0.1, -0.05) is 35.0 Å². The Morgan fingerprint density at radius 1 is 1.17 bits per heavy atom. The van der Waals surface area contributed by atoms with E-state index < -0.39 is 11.7 Å². The molecule has 1 aliphatic rings. The standard InChI is InChI=1S/C21H18F3N3O2/c1-13-4-2-6-15(8-13)20-25-19(26-29-20)16-10-18(28)27(12-16)11-14-5-3-7-17(9-14)21(22,23)24/h2-9,16H,10-12H2,1H3. The summed E-state index contributed by atoms with van der Waals surface area (Å²) < 4.78 is 44.0. The third-order valence-electron chi connectivity index (χ3n) is 4.91. The van der Waals surface area contributed by atoms with Gasteiger partial charge in [-0.25, -0.2) is 0 Å². The maximum absolute atomic E-state index is 12.9. The average molecular weight is 401 g/mol. The Kier molecular flexibility index (Phi) is 4.86. The number of rotatable bonds is 4. The first-order valence-electron chi connectivity index (χ1n) is 9.14. The van der Waals surface area contributed by atoms with E-state index in [1.165, 1.54) is 11.0 Å². The Hall–Kier alpha value is -3.16. The van der Waals surface area contributed by atoms with Crippen LogP contribution in [0.2, 0.25) is 0 Å². The highest BCUT2D eigenvalue weighted by Crippen LogP contribution is 2.32. The van der Waals surface area contributed by atoms with Gasteiger partial charge in [0, 0.05) is 31.0 Å². The molecule has 1 fully saturated rings. The van der Waals surface area contributed by atoms with Crippen molar-refractivity contribution in [3.8, 4) is 11.5 Å². The van der Waals surface area contributed by atoms with Gasteiger partial charge >= 0.3 is 6.18 Å². The molecule has 3 aromatic rings. The molecule has 0 N–H and O–H groups in total. The van der Waals surface area contributed by atoms with Gasteiger partial charge in [0.2, 0.25) is 5.91 Å². The molecule has 0 radical (unpaired) electrons. The average Bonchev–Trinajstić information content (AvgIpc) is 3.29. The quantitative estimate of drug-likeness (QED) is 0.642. The van der Waals surface area contributed by atoms with E-state index in [2.05, 4.69) is 10.1 Å². The molecule has 4 rings (SSSR count). The zero-order chi connectivity index (χ0) is 20.6. The number of carbonyl (C=O) groups is 1. The van der Waals surface area contributed by atoms with Crippen molar-refractivity contribution in [2.24, 2.45) is 0 Å². The summed E-state index contributed by atoms with van der Waals surface area (Å²) in [6.45, 7) is 2.41. The van der Waals surface area contributed by atoms with Crippen LogP contribution in [0.4, 0.5) is 13.2 Å². The second-order valence-electron chi connectivity index (χ2n) is 7.20. The summed E-state index contributed by atoms with van der Waals surface area (Å²) in [5, 5.41) is 4.01. The molecule has 29 heavy (non-hydrogen) atoms. The number of likely N-dealkylation sites (tertiary alicyclic amines) is 1. The zero-order valence-corrected chi connectivity index (χ0v) is 15.6. The van der Waals surface area contributed by atoms with Crippen molar-refractivity contribution < 1.29 is 22.5 Å². The minimum absolute atomic E-state index is 0.113. The molecule has 5 nitrogen and oxygen atoms in total. The Morgan fingerprint density at radius 2 is 1.97 bits per heavy atom. The molecule has 150 valence electrons. The van der Waals surface area contributed by atoms with E-state index >= 15 is 0 Å². The minimum Gasteiger partial charge on any atom is -0.338 e. The fourth-order valence-electron chi connectivity index (χ4n) is 3.46. The molecule has 0 aliphatic carbocycles. The summed E-state index contributed by atoms with van der Waals surface area (Å²) in [7, 11) is 0. The fraction of sp³-hybridized carbons (Fsp3) is 0.286. The summed E-state index contributed by atoms with van der Waals surface area (Å²) in [6, 6.07) is 12.7. The molecule has 1 unspecified atom stereocenters. The molecule has 1 atom stereocenters. The number of aromatic nitrogens is 2. The fourth-order valence-corrected chi connectivity index (χ4v) is 3.46. The van der Waals surface area contributed by atoms with Gasteiger partial charge in [-0.3, -0.25) is 4.79 Å². The highest BCUT2D eigenvalue weighted by Gasteiger charge is 2.35. The molecule has 2 aromatic carbocycles. The van der Waals surface area contributed by atoms with Crippen LogP contribution in [-0.2, 0) is 17.5 Å². The van der Waals surface area contributed by atoms with Gasteiger partial charge in [-0.15, -0.1) is 0 Å². The first-order valence-corrected chi connectivity index (χ1v) is 9.14. The number of halogens is 3. The van der Waals surface area contributed by atoms with E-state index in [4.69, 9.17) is 4.52 Å². The van der Waals surface area contributed by atoms with Gasteiger partial charge in [0.1, 0.15) is 0 Å². The van der Waals surface area contributed by atoms with Crippen LogP contribution < -0.4 is 0 Å². The van der Waals surface area contributed by atoms with Crippen molar-refractivity contribution >= 4 is 5.91 Å². The van der Waals surface area contributed by atoms with Crippen LogP contribution in [0.15, 0.2) is 53.1 Å². The van der Waals surface area contributed by atoms with E-state index in [1.807, 2.05) is 31.2 Å². The molecule has 8 heteroatoms. The molecule has 1 aliphatic heterocycles. The predicted octanol–water partition coefficient (Wildman–Crippen LogP) is 4.58. The SMILES string of the molecule is Cc1cccc(-c2nc(C3CC(=O)N(Cc4cccc(C(F)(F)F)c4)C3)no2)c1. The van der Waals surface area contributed by atoms with Crippen molar-refractivity contribution in [3.05, 3.63) is 71.0 Å². The molecule has 0 bridgehead atoms. The van der Waals surface area contributed by atoms with Crippen LogP contribution in [0.1, 0.15) is 34.9 Å². The molecule has 2 heterocycles. The highest BCUT2D eigenvalue weighted by molar-refractivity contribution is 5.79. The van der Waals surface area contributed by atoms with Gasteiger partial charge in [-0.05, 0) is 36.8 Å². The smallest absolute Gasteiger partial charge is 0.338 e. The Bertz CT molecular complexity index is 1050. The minimum atomic E-state index is -4.41. The summed E-state index contributed by atoms with van der Waals surface area (Å²) in [5.41, 5.74) is 1.57. The molecule has 0 saturated carbocycles.